The summed E-state index contributed by atoms with van der Waals surface area (Å²) in [5, 5.41) is 7.66. The minimum atomic E-state index is -1.11. The first kappa shape index (κ1) is 22.1. The minimum absolute atomic E-state index is 0.122. The van der Waals surface area contributed by atoms with E-state index >= 15 is 0 Å². The topological polar surface area (TPSA) is 41.1 Å². The molecule has 3 aromatic carbocycles. The van der Waals surface area contributed by atoms with Gasteiger partial charge in [-0.1, -0.05) is 54.6 Å². The van der Waals surface area contributed by atoms with Crippen molar-refractivity contribution < 1.29 is 4.21 Å². The Kier molecular flexibility index (Phi) is 5.23. The van der Waals surface area contributed by atoms with E-state index < -0.39 is 10.8 Å². The lowest BCUT2D eigenvalue weighted by molar-refractivity contribution is 0.285. The van der Waals surface area contributed by atoms with Gasteiger partial charge in [0.1, 0.15) is 0 Å². The fourth-order valence-corrected chi connectivity index (χ4v) is 7.69. The standard InChI is InChI=1S/C30H34N2OS/c1-29(2,3)34(33)26-13-12-23-22-10-6-4-8-20(22)18-24(23)28(26)32-27-19-21-9-5-7-11-25(21)30(27)14-16-31-17-15-30/h4-13,27,31-32H,14-19H2,1-3H3/t27-,34+/m1/s1. The summed E-state index contributed by atoms with van der Waals surface area (Å²) in [6.45, 7) is 8.33. The van der Waals surface area contributed by atoms with Gasteiger partial charge in [-0.15, -0.1) is 0 Å². The summed E-state index contributed by atoms with van der Waals surface area (Å²) in [6.07, 6.45) is 4.19. The van der Waals surface area contributed by atoms with Gasteiger partial charge < -0.3 is 10.6 Å². The van der Waals surface area contributed by atoms with Crippen LogP contribution in [0.3, 0.4) is 0 Å². The summed E-state index contributed by atoms with van der Waals surface area (Å²) in [7, 11) is -1.11. The molecule has 1 saturated heterocycles. The Hall–Kier alpha value is -2.43. The molecule has 0 amide bonds. The Morgan fingerprint density at radius 1 is 0.912 bits per heavy atom. The molecule has 1 fully saturated rings. The maximum Gasteiger partial charge on any atom is 0.0628 e. The van der Waals surface area contributed by atoms with Gasteiger partial charge in [-0.3, -0.25) is 4.21 Å². The molecule has 0 radical (unpaired) electrons. The molecule has 3 nitrogen and oxygen atoms in total. The fourth-order valence-electron chi connectivity index (χ4n) is 6.47. The van der Waals surface area contributed by atoms with Crippen molar-refractivity contribution in [3.05, 3.63) is 82.9 Å². The molecule has 0 aromatic heterocycles. The molecule has 4 heteroatoms. The molecule has 1 heterocycles. The highest BCUT2D eigenvalue weighted by molar-refractivity contribution is 7.86. The molecule has 0 saturated carbocycles. The van der Waals surface area contributed by atoms with Crippen LogP contribution in [0, 0.1) is 0 Å². The monoisotopic (exact) mass is 470 g/mol. The highest BCUT2D eigenvalue weighted by Crippen LogP contribution is 2.49. The van der Waals surface area contributed by atoms with Gasteiger partial charge in [-0.2, -0.15) is 0 Å². The van der Waals surface area contributed by atoms with E-state index in [2.05, 4.69) is 92.1 Å². The lowest BCUT2D eigenvalue weighted by Crippen LogP contribution is -2.48. The van der Waals surface area contributed by atoms with Crippen LogP contribution in [0.25, 0.3) is 11.1 Å². The second kappa shape index (κ2) is 8.07. The number of hydrogen-bond acceptors (Lipinski definition) is 3. The normalized spacial score (nSPS) is 21.1. The summed E-state index contributed by atoms with van der Waals surface area (Å²) < 4.78 is 13.5. The zero-order valence-corrected chi connectivity index (χ0v) is 21.2. The molecule has 3 aromatic rings. The summed E-state index contributed by atoms with van der Waals surface area (Å²) in [4.78, 5) is 0.957. The van der Waals surface area contributed by atoms with Crippen molar-refractivity contribution >= 4 is 16.5 Å². The van der Waals surface area contributed by atoms with Crippen molar-refractivity contribution in [2.75, 3.05) is 18.4 Å². The van der Waals surface area contributed by atoms with Crippen molar-refractivity contribution in [3.63, 3.8) is 0 Å². The van der Waals surface area contributed by atoms with Crippen LogP contribution in [0.2, 0.25) is 0 Å². The van der Waals surface area contributed by atoms with Gasteiger partial charge in [0, 0.05) is 22.6 Å². The van der Waals surface area contributed by atoms with Gasteiger partial charge in [0.05, 0.1) is 21.4 Å². The van der Waals surface area contributed by atoms with E-state index in [4.69, 9.17) is 0 Å². The Morgan fingerprint density at radius 2 is 1.62 bits per heavy atom. The second-order valence-electron chi connectivity index (χ2n) is 11.1. The van der Waals surface area contributed by atoms with E-state index in [1.165, 1.54) is 33.4 Å². The van der Waals surface area contributed by atoms with Crippen molar-refractivity contribution in [1.29, 1.82) is 0 Å². The molecule has 2 aliphatic carbocycles. The Labute approximate surface area is 205 Å². The quantitative estimate of drug-likeness (QED) is 0.396. The molecule has 6 rings (SSSR count). The number of fused-ring (bicyclic) bond motifs is 5. The average Bonchev–Trinajstić information content (AvgIpc) is 3.35. The first-order valence-corrected chi connectivity index (χ1v) is 13.8. The third-order valence-electron chi connectivity index (χ3n) is 8.16. The molecule has 3 aliphatic rings. The third kappa shape index (κ3) is 3.37. The van der Waals surface area contributed by atoms with E-state index in [9.17, 15) is 4.21 Å². The fraction of sp³-hybridized carbons (Fsp3) is 0.400. The molecular formula is C30H34N2OS. The summed E-state index contributed by atoms with van der Waals surface area (Å²) in [5.74, 6) is 0. The van der Waals surface area contributed by atoms with Crippen LogP contribution in [0.15, 0.2) is 65.6 Å². The smallest absolute Gasteiger partial charge is 0.0628 e. The van der Waals surface area contributed by atoms with Crippen LogP contribution in [-0.2, 0) is 29.1 Å². The van der Waals surface area contributed by atoms with E-state index in [1.54, 1.807) is 0 Å². The molecule has 2 atom stereocenters. The van der Waals surface area contributed by atoms with Crippen molar-refractivity contribution in [2.24, 2.45) is 0 Å². The van der Waals surface area contributed by atoms with Crippen LogP contribution >= 0.6 is 0 Å². The van der Waals surface area contributed by atoms with E-state index in [1.807, 2.05) is 0 Å². The minimum Gasteiger partial charge on any atom is -0.380 e. The number of benzene rings is 3. The van der Waals surface area contributed by atoms with Crippen LogP contribution < -0.4 is 10.6 Å². The van der Waals surface area contributed by atoms with Crippen LogP contribution in [0.4, 0.5) is 5.69 Å². The summed E-state index contributed by atoms with van der Waals surface area (Å²) in [6, 6.07) is 22.4. The zero-order chi connectivity index (χ0) is 23.5. The van der Waals surface area contributed by atoms with Gasteiger partial charge in [0.2, 0.25) is 0 Å². The maximum atomic E-state index is 13.8. The predicted octanol–water partition coefficient (Wildman–Crippen LogP) is 5.82. The van der Waals surface area contributed by atoms with Crippen molar-refractivity contribution in [2.45, 2.75) is 67.6 Å². The largest absolute Gasteiger partial charge is 0.380 e. The Balaban J connectivity index is 1.49. The van der Waals surface area contributed by atoms with Crippen molar-refractivity contribution in [3.8, 4) is 11.1 Å². The molecule has 176 valence electrons. The Bertz CT molecular complexity index is 1280. The Morgan fingerprint density at radius 3 is 2.38 bits per heavy atom. The lowest BCUT2D eigenvalue weighted by atomic mass is 9.71. The average molecular weight is 471 g/mol. The van der Waals surface area contributed by atoms with Gasteiger partial charge in [-0.05, 0) is 92.6 Å². The van der Waals surface area contributed by atoms with Crippen LogP contribution in [0.5, 0.6) is 0 Å². The molecule has 1 spiro atoms. The molecule has 34 heavy (non-hydrogen) atoms. The van der Waals surface area contributed by atoms with Crippen LogP contribution in [0.1, 0.15) is 55.9 Å². The number of piperidine rings is 1. The first-order valence-electron chi connectivity index (χ1n) is 12.6. The maximum absolute atomic E-state index is 13.8. The van der Waals surface area contributed by atoms with Gasteiger partial charge in [0.15, 0.2) is 0 Å². The lowest BCUT2D eigenvalue weighted by Gasteiger charge is -2.41. The molecular weight excluding hydrogens is 436 g/mol. The highest BCUT2D eigenvalue weighted by Gasteiger charge is 2.47. The number of rotatable bonds is 3. The number of nitrogens with one attached hydrogen (secondary N) is 2. The van der Waals surface area contributed by atoms with Crippen molar-refractivity contribution in [1.82, 2.24) is 5.32 Å². The first-order chi connectivity index (χ1) is 16.4. The zero-order valence-electron chi connectivity index (χ0n) is 20.4. The summed E-state index contributed by atoms with van der Waals surface area (Å²) in [5.41, 5.74) is 9.53. The highest BCUT2D eigenvalue weighted by atomic mass is 32.2. The predicted molar refractivity (Wildman–Crippen MR) is 142 cm³/mol. The molecule has 2 N–H and O–H groups in total. The van der Waals surface area contributed by atoms with Gasteiger partial charge >= 0.3 is 0 Å². The van der Waals surface area contributed by atoms with E-state index in [-0.39, 0.29) is 10.2 Å². The number of anilines is 1. The molecule has 0 unspecified atom stereocenters. The summed E-state index contributed by atoms with van der Waals surface area (Å²) >= 11 is 0. The second-order valence-corrected chi connectivity index (χ2v) is 13.3. The van der Waals surface area contributed by atoms with E-state index in [0.717, 1.165) is 49.4 Å². The molecule has 0 bridgehead atoms. The van der Waals surface area contributed by atoms with Crippen LogP contribution in [-0.4, -0.2) is 28.1 Å². The van der Waals surface area contributed by atoms with E-state index in [0.29, 0.717) is 6.04 Å². The van der Waals surface area contributed by atoms with Gasteiger partial charge in [-0.25, -0.2) is 0 Å². The van der Waals surface area contributed by atoms with Gasteiger partial charge in [0.25, 0.3) is 0 Å². The number of hydrogen-bond donors (Lipinski definition) is 2. The SMILES string of the molecule is CC(C)(C)[S@@](=O)c1ccc2c(c1N[C@@H]1Cc3ccccc3C13CCNCC3)Cc1ccccc1-2. The third-order valence-corrected chi connectivity index (χ3v) is 10.0. The molecule has 1 aliphatic heterocycles.